The van der Waals surface area contributed by atoms with Crippen molar-refractivity contribution >= 4 is 29.3 Å². The van der Waals surface area contributed by atoms with Crippen LogP contribution in [0.5, 0.6) is 0 Å². The highest BCUT2D eigenvalue weighted by Crippen LogP contribution is 2.25. The summed E-state index contributed by atoms with van der Waals surface area (Å²) in [5, 5.41) is 19.6. The van der Waals surface area contributed by atoms with Gasteiger partial charge in [0.15, 0.2) is 0 Å². The van der Waals surface area contributed by atoms with Crippen LogP contribution in [0.25, 0.3) is 0 Å². The van der Waals surface area contributed by atoms with Crippen molar-refractivity contribution in [3.63, 3.8) is 0 Å². The van der Waals surface area contributed by atoms with Crippen molar-refractivity contribution in [2.75, 3.05) is 11.6 Å². The smallest absolute Gasteiger partial charge is 0.327 e. The highest BCUT2D eigenvalue weighted by molar-refractivity contribution is 7.99. The van der Waals surface area contributed by atoms with Crippen LogP contribution in [0.3, 0.4) is 0 Å². The second-order valence-corrected chi connectivity index (χ2v) is 5.05. The molecule has 1 unspecified atom stereocenters. The van der Waals surface area contributed by atoms with Crippen LogP contribution in [0, 0.1) is 15.9 Å². The number of thioether (sulfide) groups is 1. The van der Waals surface area contributed by atoms with E-state index in [1.807, 2.05) is 0 Å². The van der Waals surface area contributed by atoms with Crippen molar-refractivity contribution in [1.82, 2.24) is 4.90 Å². The highest BCUT2D eigenvalue weighted by atomic mass is 32.2. The Balaban J connectivity index is 2.35. The first kappa shape index (κ1) is 14.3. The van der Waals surface area contributed by atoms with Gasteiger partial charge in [-0.3, -0.25) is 14.9 Å². The lowest BCUT2D eigenvalue weighted by Gasteiger charge is -2.20. The largest absolute Gasteiger partial charge is 0.480 e. The quantitative estimate of drug-likeness (QED) is 0.667. The first-order valence-electron chi connectivity index (χ1n) is 5.47. The van der Waals surface area contributed by atoms with Gasteiger partial charge in [0.1, 0.15) is 11.9 Å². The molecule has 0 aliphatic carbocycles. The van der Waals surface area contributed by atoms with Crippen molar-refractivity contribution in [3.05, 3.63) is 39.7 Å². The Hall–Kier alpha value is -2.16. The molecule has 0 bridgehead atoms. The minimum absolute atomic E-state index is 0.109. The Kier molecular flexibility index (Phi) is 3.89. The van der Waals surface area contributed by atoms with Crippen LogP contribution in [-0.2, 0) is 4.79 Å². The van der Waals surface area contributed by atoms with E-state index in [0.29, 0.717) is 0 Å². The third kappa shape index (κ3) is 2.57. The van der Waals surface area contributed by atoms with E-state index in [-0.39, 0.29) is 11.6 Å². The third-order valence-corrected chi connectivity index (χ3v) is 3.83. The summed E-state index contributed by atoms with van der Waals surface area (Å²) < 4.78 is 13.6. The van der Waals surface area contributed by atoms with Crippen LogP contribution in [0.2, 0.25) is 0 Å². The maximum absolute atomic E-state index is 13.6. The van der Waals surface area contributed by atoms with Gasteiger partial charge in [-0.25, -0.2) is 9.18 Å². The molecule has 1 fully saturated rings. The molecular weight excluding hydrogens is 291 g/mol. The molecule has 0 aromatic heterocycles. The maximum atomic E-state index is 13.6. The number of carboxylic acid groups (broad SMARTS) is 1. The lowest BCUT2D eigenvalue weighted by Crippen LogP contribution is -2.42. The van der Waals surface area contributed by atoms with Gasteiger partial charge >= 0.3 is 5.97 Å². The molecule has 1 saturated heterocycles. The van der Waals surface area contributed by atoms with Gasteiger partial charge < -0.3 is 10.0 Å². The third-order valence-electron chi connectivity index (χ3n) is 2.82. The molecule has 0 radical (unpaired) electrons. The van der Waals surface area contributed by atoms with Gasteiger partial charge in [-0.05, 0) is 6.07 Å². The minimum atomic E-state index is -1.19. The summed E-state index contributed by atoms with van der Waals surface area (Å²) >= 11 is 1.23. The SMILES string of the molecule is O=C(O)C1CSCN1C(=O)c1cc([N+](=O)[O-])ccc1F. The van der Waals surface area contributed by atoms with Gasteiger partial charge in [0.05, 0.1) is 16.4 Å². The molecule has 0 spiro atoms. The first-order chi connectivity index (χ1) is 9.41. The Morgan fingerprint density at radius 2 is 2.20 bits per heavy atom. The second kappa shape index (κ2) is 5.45. The van der Waals surface area contributed by atoms with Crippen molar-refractivity contribution in [2.24, 2.45) is 0 Å². The van der Waals surface area contributed by atoms with Crippen LogP contribution in [0.1, 0.15) is 10.4 Å². The molecule has 1 aromatic carbocycles. The van der Waals surface area contributed by atoms with Crippen LogP contribution in [-0.4, -0.2) is 44.5 Å². The van der Waals surface area contributed by atoms with Crippen molar-refractivity contribution < 1.29 is 24.0 Å². The fraction of sp³-hybridized carbons (Fsp3) is 0.273. The molecule has 1 heterocycles. The van der Waals surface area contributed by atoms with E-state index in [2.05, 4.69) is 0 Å². The van der Waals surface area contributed by atoms with E-state index >= 15 is 0 Å². The van der Waals surface area contributed by atoms with Gasteiger partial charge in [-0.2, -0.15) is 0 Å². The Morgan fingerprint density at radius 1 is 1.50 bits per heavy atom. The topological polar surface area (TPSA) is 101 Å². The fourth-order valence-corrected chi connectivity index (χ4v) is 2.94. The Bertz CT molecular complexity index is 594. The summed E-state index contributed by atoms with van der Waals surface area (Å²) in [4.78, 5) is 34.0. The molecule has 1 aromatic rings. The molecule has 1 aliphatic rings. The van der Waals surface area contributed by atoms with E-state index in [4.69, 9.17) is 5.11 Å². The number of nitro benzene ring substituents is 1. The number of non-ortho nitro benzene ring substituents is 1. The fourth-order valence-electron chi connectivity index (χ4n) is 1.79. The molecule has 106 valence electrons. The van der Waals surface area contributed by atoms with Gasteiger partial charge in [0.2, 0.25) is 0 Å². The van der Waals surface area contributed by atoms with Crippen molar-refractivity contribution in [3.8, 4) is 0 Å². The van der Waals surface area contributed by atoms with Gasteiger partial charge in [0.25, 0.3) is 11.6 Å². The molecule has 20 heavy (non-hydrogen) atoms. The molecule has 1 amide bonds. The molecule has 1 atom stereocenters. The average Bonchev–Trinajstić information content (AvgIpc) is 2.87. The standard InChI is InChI=1S/C11H9FN2O5S/c12-8-2-1-6(14(18)19)3-7(8)10(15)13-5-20-4-9(13)11(16)17/h1-3,9H,4-5H2,(H,16,17). The molecule has 1 N–H and O–H groups in total. The van der Waals surface area contributed by atoms with Crippen molar-refractivity contribution in [1.29, 1.82) is 0 Å². The van der Waals surface area contributed by atoms with Gasteiger partial charge in [-0.1, -0.05) is 0 Å². The number of carbonyl (C=O) groups is 2. The first-order valence-corrected chi connectivity index (χ1v) is 6.62. The number of carboxylic acids is 1. The van der Waals surface area contributed by atoms with Crippen LogP contribution in [0.15, 0.2) is 18.2 Å². The van der Waals surface area contributed by atoms with Crippen LogP contribution < -0.4 is 0 Å². The number of aliphatic carboxylic acids is 1. The Morgan fingerprint density at radius 3 is 2.80 bits per heavy atom. The zero-order valence-electron chi connectivity index (χ0n) is 9.98. The summed E-state index contributed by atoms with van der Waals surface area (Å²) in [5.41, 5.74) is -0.915. The number of carbonyl (C=O) groups excluding carboxylic acids is 1. The number of hydrogen-bond donors (Lipinski definition) is 1. The van der Waals surface area contributed by atoms with Gasteiger partial charge in [-0.15, -0.1) is 11.8 Å². The zero-order chi connectivity index (χ0) is 14.9. The minimum Gasteiger partial charge on any atom is -0.480 e. The summed E-state index contributed by atoms with van der Waals surface area (Å²) in [6, 6.07) is 1.54. The maximum Gasteiger partial charge on any atom is 0.327 e. The summed E-state index contributed by atoms with van der Waals surface area (Å²) in [7, 11) is 0. The Labute approximate surface area is 116 Å². The number of halogens is 1. The number of nitro groups is 1. The summed E-state index contributed by atoms with van der Waals surface area (Å²) in [6.45, 7) is 0. The number of hydrogen-bond acceptors (Lipinski definition) is 5. The zero-order valence-corrected chi connectivity index (χ0v) is 10.8. The lowest BCUT2D eigenvalue weighted by atomic mass is 10.1. The van der Waals surface area contributed by atoms with Crippen molar-refractivity contribution in [2.45, 2.75) is 6.04 Å². The van der Waals surface area contributed by atoms with Crippen LogP contribution in [0.4, 0.5) is 10.1 Å². The number of nitrogens with zero attached hydrogens (tertiary/aromatic N) is 2. The highest BCUT2D eigenvalue weighted by Gasteiger charge is 2.36. The summed E-state index contributed by atoms with van der Waals surface area (Å²) in [6.07, 6.45) is 0. The lowest BCUT2D eigenvalue weighted by molar-refractivity contribution is -0.384. The van der Waals surface area contributed by atoms with Crippen LogP contribution >= 0.6 is 11.8 Å². The van der Waals surface area contributed by atoms with Gasteiger partial charge in [0, 0.05) is 17.9 Å². The van der Waals surface area contributed by atoms with E-state index < -0.39 is 39.9 Å². The predicted molar refractivity (Wildman–Crippen MR) is 68.0 cm³/mol. The predicted octanol–water partition coefficient (Wildman–Crippen LogP) is 1.33. The molecule has 2 rings (SSSR count). The number of amides is 1. The average molecular weight is 300 g/mol. The van der Waals surface area contributed by atoms with E-state index in [1.54, 1.807) is 0 Å². The molecule has 0 saturated carbocycles. The van der Waals surface area contributed by atoms with E-state index in [9.17, 15) is 24.1 Å². The molecular formula is C11H9FN2O5S. The number of rotatable bonds is 3. The molecule has 9 heteroatoms. The molecule has 1 aliphatic heterocycles. The molecule has 7 nitrogen and oxygen atoms in total. The normalized spacial score (nSPS) is 18.1. The number of benzene rings is 1. The monoisotopic (exact) mass is 300 g/mol. The summed E-state index contributed by atoms with van der Waals surface area (Å²) in [5.74, 6) is -2.64. The van der Waals surface area contributed by atoms with E-state index in [0.717, 1.165) is 23.1 Å². The second-order valence-electron chi connectivity index (χ2n) is 4.05. The van der Waals surface area contributed by atoms with E-state index in [1.165, 1.54) is 11.8 Å².